The molecule has 0 fully saturated rings. The van der Waals surface area contributed by atoms with Gasteiger partial charge in [0.2, 0.25) is 12.3 Å². The fourth-order valence-corrected chi connectivity index (χ4v) is 5.19. The highest BCUT2D eigenvalue weighted by atomic mass is 32.2. The number of hydrazone groups is 1. The summed E-state index contributed by atoms with van der Waals surface area (Å²) in [6, 6.07) is 6.51. The smallest absolute Gasteiger partial charge is 0.404 e. The Morgan fingerprint density at radius 3 is 2.14 bits per heavy atom. The summed E-state index contributed by atoms with van der Waals surface area (Å²) in [6.45, 7) is 12.7. The maximum atomic E-state index is 12.4. The van der Waals surface area contributed by atoms with E-state index in [4.69, 9.17) is 31.5 Å². The number of nitrogens with two attached hydrogens (primary N) is 5. The van der Waals surface area contributed by atoms with Crippen molar-refractivity contribution in [2.75, 3.05) is 80.6 Å². The molecule has 0 bridgehead atoms. The van der Waals surface area contributed by atoms with Crippen LogP contribution in [0.4, 0.5) is 33.2 Å². The molecule has 20 nitrogen and oxygen atoms in total. The molecule has 0 saturated carbocycles. The van der Waals surface area contributed by atoms with Crippen LogP contribution in [-0.2, 0) is 16.1 Å². The number of nitrogens with zero attached hydrogens (tertiary/aromatic N) is 4. The fourth-order valence-electron chi connectivity index (χ4n) is 4.78. The van der Waals surface area contributed by atoms with E-state index in [0.717, 1.165) is 24.4 Å². The summed E-state index contributed by atoms with van der Waals surface area (Å²) in [5.41, 5.74) is 33.5. The first-order chi connectivity index (χ1) is 30.8. The second-order valence-electron chi connectivity index (χ2n) is 12.2. The molecule has 0 atom stereocenters. The van der Waals surface area contributed by atoms with Crippen molar-refractivity contribution in [3.05, 3.63) is 84.2 Å². The van der Waals surface area contributed by atoms with Crippen LogP contribution in [0.5, 0.6) is 11.5 Å². The van der Waals surface area contributed by atoms with Gasteiger partial charge in [-0.2, -0.15) is 22.0 Å². The number of rotatable bonds is 24. The van der Waals surface area contributed by atoms with Gasteiger partial charge >= 0.3 is 6.09 Å². The Bertz CT molecular complexity index is 2000. The van der Waals surface area contributed by atoms with Crippen LogP contribution in [-0.4, -0.2) is 105 Å². The van der Waals surface area contributed by atoms with Gasteiger partial charge in [-0.3, -0.25) is 24.1 Å². The monoisotopic (exact) mass is 926 g/mol. The number of hydrogen-bond donors (Lipinski definition) is 9. The number of anilines is 4. The molecule has 2 aromatic carbocycles. The Hall–Kier alpha value is -7.16. The van der Waals surface area contributed by atoms with Gasteiger partial charge < -0.3 is 64.3 Å². The third-order valence-corrected chi connectivity index (χ3v) is 8.18. The number of aromatic nitrogens is 2. The van der Waals surface area contributed by atoms with E-state index >= 15 is 0 Å². The Morgan fingerprint density at radius 2 is 1.58 bits per heavy atom. The summed E-state index contributed by atoms with van der Waals surface area (Å²) in [4.78, 5) is 47.4. The minimum atomic E-state index is -0.711. The molecule has 14 N–H and O–H groups in total. The lowest BCUT2D eigenvalue weighted by Crippen LogP contribution is -2.18. The van der Waals surface area contributed by atoms with Gasteiger partial charge in [-0.1, -0.05) is 39.5 Å². The van der Waals surface area contributed by atoms with E-state index in [-0.39, 0.29) is 31.9 Å². The first-order valence-corrected chi connectivity index (χ1v) is 21.7. The lowest BCUT2D eigenvalue weighted by atomic mass is 10.1. The molecule has 3 aromatic rings. The molecule has 360 valence electrons. The van der Waals surface area contributed by atoms with Gasteiger partial charge in [-0.25, -0.2) is 4.79 Å². The summed E-state index contributed by atoms with van der Waals surface area (Å²) in [6.07, 6.45) is 18.5. The van der Waals surface area contributed by atoms with Crippen LogP contribution in [0.1, 0.15) is 69.2 Å². The Kier molecular flexibility index (Phi) is 34.5. The number of aliphatic imine (C=N–C) groups is 1. The zero-order valence-corrected chi connectivity index (χ0v) is 38.7. The number of allylic oxidation sites excluding steroid dienone is 3. The maximum absolute atomic E-state index is 12.4. The standard InChI is InChI=1S/C37H51N11O4S.C3H7NO2.C2H6.CH3NO.CH4/c1-5-45-47-26(2)12-10-15-42-31-21-27(36(40)49)22-33(52-18-11-19-53-4)35(31)44-14-7-6-13-43-34-30(39)20-28(37(50)41-3)23-32(34)51-17-9-8-16-48-25-29(38)24-46-48;1-2-6-3(4)5;1-2;2-1-3;/h6-10,12,15,20-25,43-45H,5,11,13-14,16-19,38-39H2,1-4H3,(H2,40,49)(H,41,50);2H2,1H3,(H2,4,5);1-2H3;1H,(H2,2,3);1H4/b7-6+,9-8+,12-10+,42-15?,47-26-;;;;. The summed E-state index contributed by atoms with van der Waals surface area (Å²) < 4.78 is 18.0. The number of benzene rings is 2. The van der Waals surface area contributed by atoms with Gasteiger partial charge in [0.05, 0.1) is 48.7 Å². The number of hydrogen-bond acceptors (Lipinski definition) is 16. The number of ether oxygens (including phenoxy) is 3. The van der Waals surface area contributed by atoms with Gasteiger partial charge in [0.1, 0.15) is 29.5 Å². The third-order valence-electron chi connectivity index (χ3n) is 7.48. The quantitative estimate of drug-likeness (QED) is 0.0135. The second-order valence-corrected chi connectivity index (χ2v) is 13.2. The van der Waals surface area contributed by atoms with Crippen molar-refractivity contribution in [1.29, 1.82) is 0 Å². The van der Waals surface area contributed by atoms with Crippen LogP contribution in [0.3, 0.4) is 0 Å². The number of nitrogen functional groups attached to an aromatic ring is 2. The zero-order valence-electron chi connectivity index (χ0n) is 37.9. The Morgan fingerprint density at radius 1 is 0.938 bits per heavy atom. The number of carbonyl (C=O) groups excluding carboxylic acids is 4. The van der Waals surface area contributed by atoms with E-state index in [1.165, 1.54) is 0 Å². The molecule has 1 aromatic heterocycles. The fraction of sp³-hybridized carbons (Fsp3) is 0.386. The SMILES string of the molecule is C.CC.CCN/N=C(C)\C=C\C=Nc1cc(C(N)=O)cc(OCCCSC)c1NC/C=C/CNc1c(N)cc(C(=O)NC)cc1OC/C=C/Cn1cc(N)cn1.CCOC(N)=O.NC=O. The summed E-state index contributed by atoms with van der Waals surface area (Å²) in [5, 5.41) is 17.7. The third kappa shape index (κ3) is 26.2. The summed E-state index contributed by atoms with van der Waals surface area (Å²) >= 11 is 1.73. The normalized spacial score (nSPS) is 10.7. The van der Waals surface area contributed by atoms with Crippen molar-refractivity contribution in [2.45, 2.75) is 55.0 Å². The predicted octanol–water partition coefficient (Wildman–Crippen LogP) is 5.46. The van der Waals surface area contributed by atoms with E-state index in [0.29, 0.717) is 78.3 Å². The number of nitrogens with one attached hydrogen (secondary N) is 4. The van der Waals surface area contributed by atoms with Gasteiger partial charge in [0.25, 0.3) is 5.91 Å². The van der Waals surface area contributed by atoms with Gasteiger partial charge in [-0.05, 0) is 81.7 Å². The van der Waals surface area contributed by atoms with Crippen molar-refractivity contribution in [3.8, 4) is 11.5 Å². The molecule has 0 aliphatic heterocycles. The van der Waals surface area contributed by atoms with E-state index < -0.39 is 12.0 Å². The van der Waals surface area contributed by atoms with Crippen molar-refractivity contribution in [3.63, 3.8) is 0 Å². The van der Waals surface area contributed by atoms with Crippen molar-refractivity contribution >= 4 is 76.4 Å². The lowest BCUT2D eigenvalue weighted by molar-refractivity contribution is -0.106. The number of carbonyl (C=O) groups is 4. The molecule has 0 aliphatic rings. The number of amides is 4. The zero-order chi connectivity index (χ0) is 48.1. The molecule has 1 heterocycles. The highest BCUT2D eigenvalue weighted by Crippen LogP contribution is 2.37. The van der Waals surface area contributed by atoms with Crippen LogP contribution < -0.4 is 59.5 Å². The van der Waals surface area contributed by atoms with E-state index in [1.807, 2.05) is 64.3 Å². The second kappa shape index (κ2) is 37.4. The molecule has 0 spiro atoms. The van der Waals surface area contributed by atoms with Crippen LogP contribution in [0.15, 0.2) is 83.2 Å². The molecule has 21 heteroatoms. The Labute approximate surface area is 387 Å². The lowest BCUT2D eigenvalue weighted by Gasteiger charge is -2.16. The molecule has 0 unspecified atom stereocenters. The minimum absolute atomic E-state index is 0. The molecule has 0 saturated heterocycles. The first-order valence-electron chi connectivity index (χ1n) is 20.3. The van der Waals surface area contributed by atoms with Gasteiger partial charge in [0.15, 0.2) is 0 Å². The molecular formula is C44H71N13O7S. The predicted molar refractivity (Wildman–Crippen MR) is 269 cm³/mol. The maximum Gasteiger partial charge on any atom is 0.404 e. The molecule has 3 rings (SSSR count). The molecule has 0 radical (unpaired) electrons. The minimum Gasteiger partial charge on any atom is -0.491 e. The average molecular weight is 926 g/mol. The topological polar surface area (TPSA) is 317 Å². The van der Waals surface area contributed by atoms with E-state index in [2.05, 4.69) is 52.8 Å². The van der Waals surface area contributed by atoms with Crippen molar-refractivity contribution in [2.24, 2.45) is 27.3 Å². The van der Waals surface area contributed by atoms with Crippen LogP contribution >= 0.6 is 11.8 Å². The van der Waals surface area contributed by atoms with E-state index in [9.17, 15) is 14.4 Å². The average Bonchev–Trinajstić information content (AvgIpc) is 3.70. The molecule has 65 heavy (non-hydrogen) atoms. The van der Waals surface area contributed by atoms with E-state index in [1.54, 1.807) is 79.4 Å². The highest BCUT2D eigenvalue weighted by Gasteiger charge is 2.15. The molecule has 4 amide bonds. The first kappa shape index (κ1) is 59.9. The van der Waals surface area contributed by atoms with Crippen LogP contribution in [0, 0.1) is 0 Å². The van der Waals surface area contributed by atoms with Gasteiger partial charge in [0, 0.05) is 50.2 Å². The van der Waals surface area contributed by atoms with Crippen LogP contribution in [0.25, 0.3) is 0 Å². The summed E-state index contributed by atoms with van der Waals surface area (Å²) in [7, 11) is 1.55. The molecular weight excluding hydrogens is 855 g/mol. The van der Waals surface area contributed by atoms with Crippen molar-refractivity contribution in [1.82, 2.24) is 20.5 Å². The Balaban J connectivity index is 0. The van der Waals surface area contributed by atoms with Gasteiger partial charge in [-0.15, -0.1) is 0 Å². The highest BCUT2D eigenvalue weighted by molar-refractivity contribution is 7.98. The number of primary amides is 3. The largest absolute Gasteiger partial charge is 0.491 e. The molecule has 0 aliphatic carbocycles. The number of thioether (sulfide) groups is 1. The van der Waals surface area contributed by atoms with Crippen molar-refractivity contribution < 1.29 is 33.4 Å². The van der Waals surface area contributed by atoms with Crippen LogP contribution in [0.2, 0.25) is 0 Å². The summed E-state index contributed by atoms with van der Waals surface area (Å²) in [5.74, 6) is 0.973.